The van der Waals surface area contributed by atoms with Gasteiger partial charge in [0.25, 0.3) is 0 Å². The van der Waals surface area contributed by atoms with Crippen LogP contribution in [0, 0.1) is 5.41 Å². The summed E-state index contributed by atoms with van der Waals surface area (Å²) in [6, 6.07) is 7.77. The molecule has 0 aliphatic heterocycles. The first kappa shape index (κ1) is 13.2. The van der Waals surface area contributed by atoms with Gasteiger partial charge in [-0.05, 0) is 37.1 Å². The Morgan fingerprint density at radius 3 is 2.80 bits per heavy atom. The summed E-state index contributed by atoms with van der Waals surface area (Å²) in [6.07, 6.45) is 6.39. The molecule has 4 heteroatoms. The molecule has 0 saturated heterocycles. The average molecular weight is 271 g/mol. The van der Waals surface area contributed by atoms with Gasteiger partial charge in [-0.1, -0.05) is 12.8 Å². The van der Waals surface area contributed by atoms with Crippen LogP contribution in [0.3, 0.4) is 0 Å². The maximum Gasteiger partial charge on any atom is 0.0953 e. The van der Waals surface area contributed by atoms with Gasteiger partial charge in [-0.3, -0.25) is 4.98 Å². The van der Waals surface area contributed by atoms with Crippen LogP contribution in [0.25, 0.3) is 10.9 Å². The number of nitrogens with two attached hydrogens (primary N) is 1. The van der Waals surface area contributed by atoms with Crippen molar-refractivity contribution in [3.63, 3.8) is 0 Å². The van der Waals surface area contributed by atoms with Crippen molar-refractivity contribution in [1.29, 1.82) is 0 Å². The highest BCUT2D eigenvalue weighted by atomic mass is 16.3. The van der Waals surface area contributed by atoms with E-state index >= 15 is 0 Å². The number of nitrogens with zero attached hydrogens (tertiary/aromatic N) is 1. The molecule has 2 aromatic rings. The molecule has 1 aromatic heterocycles. The second-order valence-electron chi connectivity index (χ2n) is 5.82. The number of nitrogens with one attached hydrogen (secondary N) is 1. The highest BCUT2D eigenvalue weighted by Gasteiger charge is 2.33. The molecule has 0 bridgehead atoms. The van der Waals surface area contributed by atoms with Crippen LogP contribution in [0.5, 0.6) is 0 Å². The Hall–Kier alpha value is -1.81. The van der Waals surface area contributed by atoms with Crippen molar-refractivity contribution >= 4 is 22.3 Å². The number of fused-ring (bicyclic) bond motifs is 1. The van der Waals surface area contributed by atoms with Crippen LogP contribution >= 0.6 is 0 Å². The van der Waals surface area contributed by atoms with E-state index in [1.54, 1.807) is 6.20 Å². The van der Waals surface area contributed by atoms with Gasteiger partial charge in [-0.15, -0.1) is 0 Å². The first-order valence-corrected chi connectivity index (χ1v) is 7.22. The summed E-state index contributed by atoms with van der Waals surface area (Å²) in [5.41, 5.74) is 8.66. The Morgan fingerprint density at radius 2 is 2.05 bits per heavy atom. The standard InChI is InChI=1S/C16H21N3O/c17-13-5-6-14(15-12(13)4-3-9-18-15)19-10-16(11-20)7-1-2-8-16/h3-6,9,19-20H,1-2,7-8,10-11,17H2. The van der Waals surface area contributed by atoms with Crippen molar-refractivity contribution in [3.05, 3.63) is 30.5 Å². The van der Waals surface area contributed by atoms with Crippen LogP contribution in [0.1, 0.15) is 25.7 Å². The first-order chi connectivity index (χ1) is 9.74. The van der Waals surface area contributed by atoms with Gasteiger partial charge in [-0.25, -0.2) is 0 Å². The molecular formula is C16H21N3O. The average Bonchev–Trinajstić information content (AvgIpc) is 2.96. The van der Waals surface area contributed by atoms with E-state index in [4.69, 9.17) is 5.73 Å². The third kappa shape index (κ3) is 2.31. The first-order valence-electron chi connectivity index (χ1n) is 7.22. The quantitative estimate of drug-likeness (QED) is 0.748. The number of hydrogen-bond donors (Lipinski definition) is 3. The van der Waals surface area contributed by atoms with E-state index in [9.17, 15) is 5.11 Å². The van der Waals surface area contributed by atoms with Crippen molar-refractivity contribution in [2.45, 2.75) is 25.7 Å². The summed E-state index contributed by atoms with van der Waals surface area (Å²) in [4.78, 5) is 4.43. The molecule has 1 fully saturated rings. The Balaban J connectivity index is 1.86. The number of nitrogen functional groups attached to an aromatic ring is 1. The molecule has 0 atom stereocenters. The van der Waals surface area contributed by atoms with E-state index in [1.807, 2.05) is 24.3 Å². The summed E-state index contributed by atoms with van der Waals surface area (Å²) in [5.74, 6) is 0. The van der Waals surface area contributed by atoms with Crippen molar-refractivity contribution in [2.75, 3.05) is 24.2 Å². The molecule has 1 aliphatic rings. The number of anilines is 2. The molecule has 4 nitrogen and oxygen atoms in total. The van der Waals surface area contributed by atoms with Crippen LogP contribution < -0.4 is 11.1 Å². The number of aliphatic hydroxyl groups excluding tert-OH is 1. The fraction of sp³-hybridized carbons (Fsp3) is 0.438. The zero-order valence-electron chi connectivity index (χ0n) is 11.6. The number of aliphatic hydroxyl groups is 1. The maximum atomic E-state index is 9.68. The Labute approximate surface area is 119 Å². The minimum Gasteiger partial charge on any atom is -0.398 e. The lowest BCUT2D eigenvalue weighted by Gasteiger charge is -2.27. The van der Waals surface area contributed by atoms with Crippen molar-refractivity contribution in [2.24, 2.45) is 5.41 Å². The van der Waals surface area contributed by atoms with E-state index in [2.05, 4.69) is 10.3 Å². The molecule has 0 unspecified atom stereocenters. The number of pyridine rings is 1. The van der Waals surface area contributed by atoms with Crippen LogP contribution in [-0.4, -0.2) is 23.2 Å². The highest BCUT2D eigenvalue weighted by molar-refractivity contribution is 5.98. The summed E-state index contributed by atoms with van der Waals surface area (Å²) in [5, 5.41) is 14.1. The van der Waals surface area contributed by atoms with Gasteiger partial charge >= 0.3 is 0 Å². The third-order valence-electron chi connectivity index (χ3n) is 4.46. The summed E-state index contributed by atoms with van der Waals surface area (Å²) in [6.45, 7) is 1.04. The smallest absolute Gasteiger partial charge is 0.0953 e. The molecule has 20 heavy (non-hydrogen) atoms. The van der Waals surface area contributed by atoms with Crippen LogP contribution in [-0.2, 0) is 0 Å². The Kier molecular flexibility index (Phi) is 3.49. The lowest BCUT2D eigenvalue weighted by atomic mass is 9.87. The molecule has 0 spiro atoms. The largest absolute Gasteiger partial charge is 0.398 e. The Morgan fingerprint density at radius 1 is 1.25 bits per heavy atom. The third-order valence-corrected chi connectivity index (χ3v) is 4.46. The van der Waals surface area contributed by atoms with Gasteiger partial charge in [0.1, 0.15) is 0 Å². The van der Waals surface area contributed by atoms with Crippen molar-refractivity contribution in [1.82, 2.24) is 4.98 Å². The molecule has 1 aromatic carbocycles. The lowest BCUT2D eigenvalue weighted by molar-refractivity contribution is 0.142. The van der Waals surface area contributed by atoms with E-state index in [1.165, 1.54) is 12.8 Å². The predicted molar refractivity (Wildman–Crippen MR) is 82.6 cm³/mol. The van der Waals surface area contributed by atoms with Crippen molar-refractivity contribution < 1.29 is 5.11 Å². The van der Waals surface area contributed by atoms with Gasteiger partial charge in [0.15, 0.2) is 0 Å². The van der Waals surface area contributed by atoms with E-state index < -0.39 is 0 Å². The molecule has 1 saturated carbocycles. The summed E-state index contributed by atoms with van der Waals surface area (Å²) >= 11 is 0. The fourth-order valence-electron chi connectivity index (χ4n) is 3.14. The zero-order chi connectivity index (χ0) is 14.0. The topological polar surface area (TPSA) is 71.2 Å². The normalized spacial score (nSPS) is 17.4. The minimum atomic E-state index is 0.0302. The predicted octanol–water partition coefficient (Wildman–Crippen LogP) is 2.78. The zero-order valence-corrected chi connectivity index (χ0v) is 11.6. The van der Waals surface area contributed by atoms with Gasteiger partial charge < -0.3 is 16.2 Å². The molecular weight excluding hydrogens is 250 g/mol. The van der Waals surface area contributed by atoms with E-state index in [0.29, 0.717) is 0 Å². The molecule has 0 amide bonds. The van der Waals surface area contributed by atoms with Gasteiger partial charge in [0, 0.05) is 29.2 Å². The summed E-state index contributed by atoms with van der Waals surface area (Å²) in [7, 11) is 0. The number of benzene rings is 1. The van der Waals surface area contributed by atoms with Gasteiger partial charge in [0.05, 0.1) is 17.8 Å². The SMILES string of the molecule is Nc1ccc(NCC2(CO)CCCC2)c2ncccc12. The Bertz CT molecular complexity index is 606. The fourth-order valence-corrected chi connectivity index (χ4v) is 3.14. The van der Waals surface area contributed by atoms with Gasteiger partial charge in [0.2, 0.25) is 0 Å². The lowest BCUT2D eigenvalue weighted by Crippen LogP contribution is -2.30. The molecule has 4 N–H and O–H groups in total. The monoisotopic (exact) mass is 271 g/mol. The van der Waals surface area contributed by atoms with E-state index in [0.717, 1.165) is 41.7 Å². The maximum absolute atomic E-state index is 9.68. The molecule has 3 rings (SSSR count). The second-order valence-corrected chi connectivity index (χ2v) is 5.82. The second kappa shape index (κ2) is 5.29. The summed E-state index contributed by atoms with van der Waals surface area (Å²) < 4.78 is 0. The highest BCUT2D eigenvalue weighted by Crippen LogP contribution is 2.38. The van der Waals surface area contributed by atoms with Crippen molar-refractivity contribution in [3.8, 4) is 0 Å². The minimum absolute atomic E-state index is 0.0302. The molecule has 1 heterocycles. The van der Waals surface area contributed by atoms with Crippen LogP contribution in [0.2, 0.25) is 0 Å². The number of hydrogen-bond acceptors (Lipinski definition) is 4. The molecule has 106 valence electrons. The van der Waals surface area contributed by atoms with Gasteiger partial charge in [-0.2, -0.15) is 0 Å². The number of rotatable bonds is 4. The van der Waals surface area contributed by atoms with E-state index in [-0.39, 0.29) is 12.0 Å². The molecule has 1 aliphatic carbocycles. The molecule has 0 radical (unpaired) electrons. The van der Waals surface area contributed by atoms with Crippen LogP contribution in [0.15, 0.2) is 30.5 Å². The number of aromatic nitrogens is 1. The van der Waals surface area contributed by atoms with Crippen LogP contribution in [0.4, 0.5) is 11.4 Å².